The minimum atomic E-state index is -0.516. The van der Waals surface area contributed by atoms with Crippen molar-refractivity contribution in [3.05, 3.63) is 75.3 Å². The number of carbonyl (C=O) groups excluding carboxylic acids is 1. The second kappa shape index (κ2) is 9.17. The Labute approximate surface area is 164 Å². The van der Waals surface area contributed by atoms with E-state index in [-0.39, 0.29) is 17.7 Å². The molecule has 0 heterocycles. The number of ether oxygens (including phenoxy) is 2. The van der Waals surface area contributed by atoms with Gasteiger partial charge in [0.2, 0.25) is 0 Å². The van der Waals surface area contributed by atoms with Gasteiger partial charge in [-0.05, 0) is 35.6 Å². The van der Waals surface area contributed by atoms with E-state index in [0.29, 0.717) is 17.9 Å². The summed E-state index contributed by atoms with van der Waals surface area (Å²) >= 11 is 0. The molecule has 0 radical (unpaired) electrons. The van der Waals surface area contributed by atoms with E-state index in [2.05, 4.69) is 32.9 Å². The molecule has 6 nitrogen and oxygen atoms in total. The first-order chi connectivity index (χ1) is 13.2. The van der Waals surface area contributed by atoms with Crippen molar-refractivity contribution in [2.24, 2.45) is 0 Å². The van der Waals surface area contributed by atoms with Crippen LogP contribution >= 0.6 is 0 Å². The topological polar surface area (TPSA) is 78.7 Å². The highest BCUT2D eigenvalue weighted by Crippen LogP contribution is 2.27. The summed E-state index contributed by atoms with van der Waals surface area (Å²) in [5, 5.41) is 11.0. The predicted octanol–water partition coefficient (Wildman–Crippen LogP) is 5.05. The lowest BCUT2D eigenvalue weighted by Gasteiger charge is -2.19. The van der Waals surface area contributed by atoms with Crippen LogP contribution in [0.15, 0.2) is 48.5 Å². The van der Waals surface area contributed by atoms with E-state index < -0.39 is 10.9 Å². The lowest BCUT2D eigenvalue weighted by molar-refractivity contribution is -0.384. The molecule has 0 unspecified atom stereocenters. The van der Waals surface area contributed by atoms with Crippen LogP contribution in [0.2, 0.25) is 0 Å². The van der Waals surface area contributed by atoms with Gasteiger partial charge in [-0.2, -0.15) is 0 Å². The van der Waals surface area contributed by atoms with Gasteiger partial charge in [0, 0.05) is 23.8 Å². The highest BCUT2D eigenvalue weighted by atomic mass is 16.6. The van der Waals surface area contributed by atoms with Crippen molar-refractivity contribution in [2.75, 3.05) is 6.61 Å². The minimum Gasteiger partial charge on any atom is -0.488 e. The summed E-state index contributed by atoms with van der Waals surface area (Å²) in [4.78, 5) is 22.1. The van der Waals surface area contributed by atoms with Crippen LogP contribution in [0.4, 0.5) is 5.69 Å². The van der Waals surface area contributed by atoms with E-state index >= 15 is 0 Å². The summed E-state index contributed by atoms with van der Waals surface area (Å²) in [6.07, 6.45) is 2.69. The summed E-state index contributed by atoms with van der Waals surface area (Å²) in [7, 11) is 0. The maximum absolute atomic E-state index is 11.6. The van der Waals surface area contributed by atoms with Crippen molar-refractivity contribution in [1.29, 1.82) is 0 Å². The Morgan fingerprint density at radius 3 is 2.39 bits per heavy atom. The van der Waals surface area contributed by atoms with Gasteiger partial charge in [0.1, 0.15) is 12.4 Å². The highest BCUT2D eigenvalue weighted by Gasteiger charge is 2.14. The molecule has 0 spiro atoms. The van der Waals surface area contributed by atoms with Crippen LogP contribution in [0.5, 0.6) is 5.75 Å². The normalized spacial score (nSPS) is 11.4. The largest absolute Gasteiger partial charge is 0.488 e. The predicted molar refractivity (Wildman–Crippen MR) is 108 cm³/mol. The van der Waals surface area contributed by atoms with Crippen molar-refractivity contribution in [2.45, 2.75) is 39.7 Å². The zero-order valence-corrected chi connectivity index (χ0v) is 16.6. The van der Waals surface area contributed by atoms with Crippen LogP contribution in [-0.4, -0.2) is 17.5 Å². The number of nitro groups is 1. The zero-order chi connectivity index (χ0) is 20.7. The molecule has 28 heavy (non-hydrogen) atoms. The summed E-state index contributed by atoms with van der Waals surface area (Å²) in [5.41, 5.74) is 2.64. The average molecular weight is 383 g/mol. The van der Waals surface area contributed by atoms with Gasteiger partial charge in [0.25, 0.3) is 5.69 Å². The van der Waals surface area contributed by atoms with E-state index in [4.69, 9.17) is 9.47 Å². The summed E-state index contributed by atoms with van der Waals surface area (Å²) < 4.78 is 10.7. The van der Waals surface area contributed by atoms with Gasteiger partial charge in [0.05, 0.1) is 11.5 Å². The molecule has 0 aliphatic carbocycles. The molecular formula is C22H25NO5. The number of esters is 1. The molecule has 2 rings (SSSR count). The molecule has 2 aromatic carbocycles. The molecule has 0 atom stereocenters. The van der Waals surface area contributed by atoms with Crippen LogP contribution in [-0.2, 0) is 21.6 Å². The van der Waals surface area contributed by atoms with Gasteiger partial charge in [0.15, 0.2) is 0 Å². The fraction of sp³-hybridized carbons (Fsp3) is 0.318. The number of carbonyl (C=O) groups is 1. The van der Waals surface area contributed by atoms with Crippen molar-refractivity contribution < 1.29 is 19.2 Å². The van der Waals surface area contributed by atoms with Gasteiger partial charge in [-0.3, -0.25) is 10.1 Å². The van der Waals surface area contributed by atoms with Gasteiger partial charge < -0.3 is 9.47 Å². The SMILES string of the molecule is CCOC(=O)C=Cc1cc([N+](=O)[O-])ccc1OCc1ccc(C(C)(C)C)cc1. The van der Waals surface area contributed by atoms with E-state index in [0.717, 1.165) is 5.56 Å². The van der Waals surface area contributed by atoms with Crippen LogP contribution < -0.4 is 4.74 Å². The van der Waals surface area contributed by atoms with Crippen molar-refractivity contribution >= 4 is 17.7 Å². The molecule has 0 aliphatic heterocycles. The maximum atomic E-state index is 11.6. The number of nitro benzene ring substituents is 1. The number of nitrogens with zero attached hydrogens (tertiary/aromatic N) is 1. The first-order valence-corrected chi connectivity index (χ1v) is 9.06. The van der Waals surface area contributed by atoms with Gasteiger partial charge in [-0.15, -0.1) is 0 Å². The molecular weight excluding hydrogens is 358 g/mol. The van der Waals surface area contributed by atoms with E-state index in [9.17, 15) is 14.9 Å². The van der Waals surface area contributed by atoms with Crippen LogP contribution in [0, 0.1) is 10.1 Å². The van der Waals surface area contributed by atoms with Crippen molar-refractivity contribution in [1.82, 2.24) is 0 Å². The Morgan fingerprint density at radius 2 is 1.82 bits per heavy atom. The quantitative estimate of drug-likeness (QED) is 0.289. The summed E-state index contributed by atoms with van der Waals surface area (Å²) in [6.45, 7) is 8.72. The Kier molecular flexibility index (Phi) is 6.93. The lowest BCUT2D eigenvalue weighted by atomic mass is 9.87. The smallest absolute Gasteiger partial charge is 0.330 e. The lowest BCUT2D eigenvalue weighted by Crippen LogP contribution is -2.10. The molecule has 6 heteroatoms. The third kappa shape index (κ3) is 5.94. The molecule has 0 bridgehead atoms. The summed E-state index contributed by atoms with van der Waals surface area (Å²) in [6, 6.07) is 12.4. The van der Waals surface area contributed by atoms with Crippen LogP contribution in [0.25, 0.3) is 6.08 Å². The molecule has 0 amide bonds. The molecule has 148 valence electrons. The average Bonchev–Trinajstić information content (AvgIpc) is 2.64. The van der Waals surface area contributed by atoms with Gasteiger partial charge in [-0.1, -0.05) is 45.0 Å². The van der Waals surface area contributed by atoms with Gasteiger partial charge >= 0.3 is 5.97 Å². The fourth-order valence-electron chi connectivity index (χ4n) is 2.52. The monoisotopic (exact) mass is 383 g/mol. The van der Waals surface area contributed by atoms with E-state index in [1.807, 2.05) is 12.1 Å². The molecule has 0 saturated heterocycles. The minimum absolute atomic E-state index is 0.0722. The number of hydrogen-bond acceptors (Lipinski definition) is 5. The Bertz CT molecular complexity index is 863. The first kappa shape index (κ1) is 21.2. The number of non-ortho nitro benzene ring substituents is 1. The number of rotatable bonds is 7. The standard InChI is InChI=1S/C22H25NO5/c1-5-27-21(24)13-8-17-14-19(23(25)26)11-12-20(17)28-15-16-6-9-18(10-7-16)22(2,3)4/h6-14H,5,15H2,1-4H3. The van der Waals surface area contributed by atoms with Gasteiger partial charge in [-0.25, -0.2) is 4.79 Å². The van der Waals surface area contributed by atoms with E-state index in [1.165, 1.54) is 35.9 Å². The van der Waals surface area contributed by atoms with Crippen LogP contribution in [0.1, 0.15) is 44.4 Å². The second-order valence-corrected chi connectivity index (χ2v) is 7.30. The van der Waals surface area contributed by atoms with Crippen molar-refractivity contribution in [3.8, 4) is 5.75 Å². The van der Waals surface area contributed by atoms with Crippen molar-refractivity contribution in [3.63, 3.8) is 0 Å². The maximum Gasteiger partial charge on any atom is 0.330 e. The third-order valence-corrected chi connectivity index (χ3v) is 4.10. The third-order valence-electron chi connectivity index (χ3n) is 4.10. The molecule has 0 saturated carbocycles. The van der Waals surface area contributed by atoms with Crippen LogP contribution in [0.3, 0.4) is 0 Å². The highest BCUT2D eigenvalue weighted by molar-refractivity contribution is 5.87. The Morgan fingerprint density at radius 1 is 1.14 bits per heavy atom. The van der Waals surface area contributed by atoms with E-state index in [1.54, 1.807) is 6.92 Å². The Hall–Kier alpha value is -3.15. The molecule has 0 N–H and O–H groups in total. The molecule has 0 aliphatic rings. The first-order valence-electron chi connectivity index (χ1n) is 9.06. The summed E-state index contributed by atoms with van der Waals surface area (Å²) in [5.74, 6) is -0.0660. The second-order valence-electron chi connectivity index (χ2n) is 7.30. The fourth-order valence-corrected chi connectivity index (χ4v) is 2.52. The molecule has 0 fully saturated rings. The number of benzene rings is 2. The molecule has 0 aromatic heterocycles. The molecule has 2 aromatic rings. The Balaban J connectivity index is 2.19. The zero-order valence-electron chi connectivity index (χ0n) is 16.6. The number of hydrogen-bond donors (Lipinski definition) is 0.